The van der Waals surface area contributed by atoms with Crippen molar-refractivity contribution in [2.75, 3.05) is 12.3 Å². The van der Waals surface area contributed by atoms with Gasteiger partial charge in [0.2, 0.25) is 17.7 Å². The number of carbonyl (C=O) groups is 4. The fourth-order valence-electron chi connectivity index (χ4n) is 3.82. The first kappa shape index (κ1) is 32.9. The van der Waals surface area contributed by atoms with Crippen LogP contribution in [0.3, 0.4) is 0 Å². The first-order chi connectivity index (χ1) is 19.5. The number of hydrogen-bond donors (Lipinski definition) is 9. The van der Waals surface area contributed by atoms with Gasteiger partial charge in [0.1, 0.15) is 23.9 Å². The largest absolute Gasteiger partial charge is 0.508 e. The molecule has 13 nitrogen and oxygen atoms in total. The maximum atomic E-state index is 13.3. The molecule has 41 heavy (non-hydrogen) atoms. The number of carboxylic acid groups (broad SMARTS) is 1. The van der Waals surface area contributed by atoms with Gasteiger partial charge in [0.15, 0.2) is 5.96 Å². The molecule has 0 radical (unpaired) electrons. The molecule has 0 aliphatic heterocycles. The third kappa shape index (κ3) is 11.8. The van der Waals surface area contributed by atoms with Crippen molar-refractivity contribution in [1.29, 1.82) is 0 Å². The number of rotatable bonds is 16. The SMILES string of the molecule is NC(N)=NCCCC(NC(=O)C(CS)NC(=O)C(Cc1ccc(O)cc1)NC(=O)C(N)Cc1ccccc1)C(=O)O. The lowest BCUT2D eigenvalue weighted by Gasteiger charge is -2.24. The van der Waals surface area contributed by atoms with Crippen LogP contribution in [0.4, 0.5) is 0 Å². The lowest BCUT2D eigenvalue weighted by molar-refractivity contribution is -0.142. The number of thiol groups is 1. The smallest absolute Gasteiger partial charge is 0.326 e. The summed E-state index contributed by atoms with van der Waals surface area (Å²) in [6.45, 7) is 0.180. The summed E-state index contributed by atoms with van der Waals surface area (Å²) in [4.78, 5) is 54.6. The predicted octanol–water partition coefficient (Wildman–Crippen LogP) is -0.973. The van der Waals surface area contributed by atoms with Gasteiger partial charge in [0.05, 0.1) is 6.04 Å². The van der Waals surface area contributed by atoms with E-state index >= 15 is 0 Å². The monoisotopic (exact) mass is 587 g/mol. The number of amides is 3. The second kappa shape index (κ2) is 16.7. The van der Waals surface area contributed by atoms with Gasteiger partial charge in [-0.1, -0.05) is 42.5 Å². The molecule has 0 fully saturated rings. The Balaban J connectivity index is 2.12. The second-order valence-electron chi connectivity index (χ2n) is 9.32. The van der Waals surface area contributed by atoms with Crippen LogP contribution in [0.2, 0.25) is 0 Å². The molecule has 14 heteroatoms. The third-order valence-corrected chi connectivity index (χ3v) is 6.38. The number of phenolic OH excluding ortho intramolecular Hbond substituents is 1. The van der Waals surface area contributed by atoms with Crippen LogP contribution in [0.25, 0.3) is 0 Å². The van der Waals surface area contributed by atoms with Gasteiger partial charge in [-0.05, 0) is 42.5 Å². The first-order valence-electron chi connectivity index (χ1n) is 12.9. The summed E-state index contributed by atoms with van der Waals surface area (Å²) < 4.78 is 0. The summed E-state index contributed by atoms with van der Waals surface area (Å²) in [5.74, 6) is -3.56. The highest BCUT2D eigenvalue weighted by Gasteiger charge is 2.30. The van der Waals surface area contributed by atoms with E-state index in [1.807, 2.05) is 30.3 Å². The van der Waals surface area contributed by atoms with Gasteiger partial charge in [0.25, 0.3) is 0 Å². The molecule has 4 atom stereocenters. The van der Waals surface area contributed by atoms with E-state index in [9.17, 15) is 29.4 Å². The Morgan fingerprint density at radius 2 is 1.37 bits per heavy atom. The molecule has 2 aromatic carbocycles. The number of nitrogens with one attached hydrogen (secondary N) is 3. The van der Waals surface area contributed by atoms with Crippen LogP contribution >= 0.6 is 12.6 Å². The Labute approximate surface area is 243 Å². The van der Waals surface area contributed by atoms with Gasteiger partial charge in [-0.2, -0.15) is 12.6 Å². The van der Waals surface area contributed by atoms with Crippen molar-refractivity contribution >= 4 is 42.3 Å². The van der Waals surface area contributed by atoms with Crippen LogP contribution in [0, 0.1) is 0 Å². The number of aliphatic carboxylic acids is 1. The molecule has 0 bridgehead atoms. The molecule has 0 saturated carbocycles. The van der Waals surface area contributed by atoms with Gasteiger partial charge in [-0.3, -0.25) is 19.4 Å². The molecule has 0 heterocycles. The number of nitrogens with zero attached hydrogens (tertiary/aromatic N) is 1. The number of nitrogens with two attached hydrogens (primary N) is 3. The Hall–Kier alpha value is -4.30. The molecule has 222 valence electrons. The minimum absolute atomic E-state index is 0.0271. The average Bonchev–Trinajstić information content (AvgIpc) is 2.94. The van der Waals surface area contributed by atoms with E-state index in [-0.39, 0.29) is 49.7 Å². The number of benzene rings is 2. The fourth-order valence-corrected chi connectivity index (χ4v) is 4.07. The van der Waals surface area contributed by atoms with Crippen molar-refractivity contribution in [2.24, 2.45) is 22.2 Å². The number of carbonyl (C=O) groups excluding carboxylic acids is 3. The number of carboxylic acids is 1. The number of hydrogen-bond acceptors (Lipinski definition) is 8. The zero-order valence-corrected chi connectivity index (χ0v) is 23.3. The van der Waals surface area contributed by atoms with E-state index in [2.05, 4.69) is 33.6 Å². The van der Waals surface area contributed by atoms with Gasteiger partial charge >= 0.3 is 5.97 Å². The minimum Gasteiger partial charge on any atom is -0.508 e. The zero-order chi connectivity index (χ0) is 30.4. The van der Waals surface area contributed by atoms with Gasteiger partial charge < -0.3 is 43.4 Å². The van der Waals surface area contributed by atoms with E-state index in [1.165, 1.54) is 12.1 Å². The molecular weight excluding hydrogens is 550 g/mol. The summed E-state index contributed by atoms with van der Waals surface area (Å²) in [6.07, 6.45) is 0.599. The van der Waals surface area contributed by atoms with E-state index in [1.54, 1.807) is 12.1 Å². The first-order valence-corrected chi connectivity index (χ1v) is 13.5. The van der Waals surface area contributed by atoms with Crippen LogP contribution in [-0.4, -0.2) is 76.3 Å². The summed E-state index contributed by atoms with van der Waals surface area (Å²) in [6, 6.07) is 10.7. The Morgan fingerprint density at radius 1 is 0.805 bits per heavy atom. The zero-order valence-electron chi connectivity index (χ0n) is 22.4. The fraction of sp³-hybridized carbons (Fsp3) is 0.370. The molecule has 0 spiro atoms. The van der Waals surface area contributed by atoms with Crippen molar-refractivity contribution in [3.8, 4) is 5.75 Å². The standard InChI is InChI=1S/C27H37N7O6S/c28-19(13-16-5-2-1-3-6-16)23(36)33-21(14-17-8-10-18(35)11-9-17)24(37)34-22(15-41)25(38)32-20(26(39)40)7-4-12-31-27(29)30/h1-3,5-6,8-11,19-22,35,41H,4,7,12-15,28H2,(H,32,38)(H,33,36)(H,34,37)(H,39,40)(H4,29,30,31). The highest BCUT2D eigenvalue weighted by molar-refractivity contribution is 7.80. The van der Waals surface area contributed by atoms with Crippen molar-refractivity contribution in [2.45, 2.75) is 49.9 Å². The number of phenols is 1. The normalized spacial score (nSPS) is 13.6. The topological polar surface area (TPSA) is 235 Å². The third-order valence-electron chi connectivity index (χ3n) is 6.02. The van der Waals surface area contributed by atoms with Crippen LogP contribution in [0.1, 0.15) is 24.0 Å². The summed E-state index contributed by atoms with van der Waals surface area (Å²) in [5, 5.41) is 26.7. The molecule has 0 aliphatic carbocycles. The second-order valence-corrected chi connectivity index (χ2v) is 9.69. The Bertz CT molecular complexity index is 1190. The van der Waals surface area contributed by atoms with Gasteiger partial charge in [-0.25, -0.2) is 4.79 Å². The summed E-state index contributed by atoms with van der Waals surface area (Å²) in [7, 11) is 0. The van der Waals surface area contributed by atoms with Gasteiger partial charge in [-0.15, -0.1) is 0 Å². The maximum absolute atomic E-state index is 13.3. The summed E-state index contributed by atoms with van der Waals surface area (Å²) >= 11 is 4.15. The molecule has 2 rings (SSSR count). The summed E-state index contributed by atoms with van der Waals surface area (Å²) in [5.41, 5.74) is 18.1. The quantitative estimate of drug-likeness (QED) is 0.0507. The lowest BCUT2D eigenvalue weighted by Crippen LogP contribution is -2.58. The van der Waals surface area contributed by atoms with E-state index in [0.29, 0.717) is 5.56 Å². The van der Waals surface area contributed by atoms with Crippen LogP contribution < -0.4 is 33.2 Å². The Kier molecular flexibility index (Phi) is 13.4. The van der Waals surface area contributed by atoms with Crippen molar-refractivity contribution in [3.63, 3.8) is 0 Å². The maximum Gasteiger partial charge on any atom is 0.326 e. The highest BCUT2D eigenvalue weighted by atomic mass is 32.1. The highest BCUT2D eigenvalue weighted by Crippen LogP contribution is 2.12. The molecular formula is C27H37N7O6S. The van der Waals surface area contributed by atoms with Crippen LogP contribution in [0.15, 0.2) is 59.6 Å². The predicted molar refractivity (Wildman–Crippen MR) is 157 cm³/mol. The molecule has 0 aliphatic rings. The number of aromatic hydroxyl groups is 1. The molecule has 2 aromatic rings. The molecule has 4 unspecified atom stereocenters. The van der Waals surface area contributed by atoms with Gasteiger partial charge in [0, 0.05) is 18.7 Å². The van der Waals surface area contributed by atoms with E-state index in [4.69, 9.17) is 17.2 Å². The van der Waals surface area contributed by atoms with Crippen LogP contribution in [-0.2, 0) is 32.0 Å². The van der Waals surface area contributed by atoms with E-state index < -0.39 is 47.9 Å². The van der Waals surface area contributed by atoms with Crippen molar-refractivity contribution in [1.82, 2.24) is 16.0 Å². The number of aliphatic imine (C=N–C) groups is 1. The Morgan fingerprint density at radius 3 is 1.95 bits per heavy atom. The number of guanidine groups is 1. The average molecular weight is 588 g/mol. The van der Waals surface area contributed by atoms with Crippen molar-refractivity contribution in [3.05, 3.63) is 65.7 Å². The molecule has 3 amide bonds. The molecule has 0 aromatic heterocycles. The molecule has 11 N–H and O–H groups in total. The van der Waals surface area contributed by atoms with Crippen molar-refractivity contribution < 1.29 is 29.4 Å². The minimum atomic E-state index is -1.27. The lowest BCUT2D eigenvalue weighted by atomic mass is 10.0. The van der Waals surface area contributed by atoms with Crippen LogP contribution in [0.5, 0.6) is 5.75 Å². The van der Waals surface area contributed by atoms with E-state index in [0.717, 1.165) is 5.56 Å². The molecule has 0 saturated heterocycles.